The standard InChI is InChI=1S/C21H10BrCl2N3O2/c22-12-1-5-18-16(8-12)21(28)27-20(26-18)11(10-25)7-14-3-6-19(29-14)15-9-13(23)2-4-17(15)24/h1-9H,(H,26,27,28)/b11-7+. The van der Waals surface area contributed by atoms with Gasteiger partial charge in [-0.1, -0.05) is 39.1 Å². The van der Waals surface area contributed by atoms with E-state index in [-0.39, 0.29) is 17.0 Å². The molecule has 0 saturated heterocycles. The molecule has 0 spiro atoms. The van der Waals surface area contributed by atoms with Gasteiger partial charge in [-0.25, -0.2) is 4.98 Å². The van der Waals surface area contributed by atoms with E-state index in [9.17, 15) is 10.1 Å². The highest BCUT2D eigenvalue weighted by Crippen LogP contribution is 2.32. The Kier molecular flexibility index (Phi) is 5.29. The van der Waals surface area contributed by atoms with Gasteiger partial charge >= 0.3 is 0 Å². The molecule has 4 aromatic rings. The Labute approximate surface area is 183 Å². The third-order valence-corrected chi connectivity index (χ3v) is 5.21. The molecular formula is C21H10BrCl2N3O2. The average molecular weight is 487 g/mol. The molecule has 0 radical (unpaired) electrons. The molecule has 0 bridgehead atoms. The smallest absolute Gasteiger partial charge is 0.259 e. The summed E-state index contributed by atoms with van der Waals surface area (Å²) < 4.78 is 6.56. The number of hydrogen-bond donors (Lipinski definition) is 1. The average Bonchev–Trinajstić information content (AvgIpc) is 3.17. The van der Waals surface area contributed by atoms with Crippen molar-refractivity contribution in [1.29, 1.82) is 5.26 Å². The number of hydrogen-bond acceptors (Lipinski definition) is 4. The van der Waals surface area contributed by atoms with Crippen molar-refractivity contribution in [3.63, 3.8) is 0 Å². The largest absolute Gasteiger partial charge is 0.457 e. The second-order valence-corrected chi connectivity index (χ2v) is 7.83. The van der Waals surface area contributed by atoms with Crippen molar-refractivity contribution in [2.24, 2.45) is 0 Å². The number of nitrogens with zero attached hydrogens (tertiary/aromatic N) is 2. The van der Waals surface area contributed by atoms with Gasteiger partial charge in [0.1, 0.15) is 17.6 Å². The molecule has 0 aliphatic carbocycles. The van der Waals surface area contributed by atoms with Crippen molar-refractivity contribution in [3.8, 4) is 17.4 Å². The van der Waals surface area contributed by atoms with E-state index in [4.69, 9.17) is 27.6 Å². The molecule has 2 aromatic carbocycles. The summed E-state index contributed by atoms with van der Waals surface area (Å²) in [6.07, 6.45) is 1.50. The first kappa shape index (κ1) is 19.5. The Morgan fingerprint density at radius 1 is 1.17 bits per heavy atom. The van der Waals surface area contributed by atoms with Gasteiger partial charge in [-0.2, -0.15) is 5.26 Å². The molecule has 8 heteroatoms. The van der Waals surface area contributed by atoms with Crippen LogP contribution in [-0.4, -0.2) is 9.97 Å². The number of aromatic nitrogens is 2. The third kappa shape index (κ3) is 3.99. The maximum Gasteiger partial charge on any atom is 0.259 e. The van der Waals surface area contributed by atoms with Gasteiger partial charge in [-0.3, -0.25) is 4.79 Å². The number of benzene rings is 2. The molecule has 5 nitrogen and oxygen atoms in total. The third-order valence-electron chi connectivity index (χ3n) is 4.15. The highest BCUT2D eigenvalue weighted by atomic mass is 79.9. The van der Waals surface area contributed by atoms with Crippen LogP contribution in [0.4, 0.5) is 0 Å². The lowest BCUT2D eigenvalue weighted by Crippen LogP contribution is -2.11. The van der Waals surface area contributed by atoms with Crippen LogP contribution >= 0.6 is 39.1 Å². The first-order valence-electron chi connectivity index (χ1n) is 8.31. The first-order valence-corrected chi connectivity index (χ1v) is 9.86. The fourth-order valence-electron chi connectivity index (χ4n) is 2.80. The van der Waals surface area contributed by atoms with Crippen LogP contribution in [-0.2, 0) is 0 Å². The van der Waals surface area contributed by atoms with E-state index in [2.05, 4.69) is 32.0 Å². The van der Waals surface area contributed by atoms with Gasteiger partial charge in [-0.05, 0) is 48.5 Å². The van der Waals surface area contributed by atoms with E-state index in [0.29, 0.717) is 38.0 Å². The van der Waals surface area contributed by atoms with Gasteiger partial charge in [0.15, 0.2) is 5.82 Å². The molecule has 0 unspecified atom stereocenters. The zero-order valence-electron chi connectivity index (χ0n) is 14.5. The van der Waals surface area contributed by atoms with Crippen molar-refractivity contribution >= 4 is 61.7 Å². The van der Waals surface area contributed by atoms with Crippen LogP contribution in [0.2, 0.25) is 10.0 Å². The summed E-state index contributed by atoms with van der Waals surface area (Å²) in [5.74, 6) is 1.07. The topological polar surface area (TPSA) is 82.7 Å². The molecule has 29 heavy (non-hydrogen) atoms. The number of rotatable bonds is 3. The minimum Gasteiger partial charge on any atom is -0.457 e. The number of furan rings is 1. The Bertz CT molecular complexity index is 1380. The second-order valence-electron chi connectivity index (χ2n) is 6.07. The van der Waals surface area contributed by atoms with E-state index >= 15 is 0 Å². The number of nitriles is 1. The minimum absolute atomic E-state index is 0.157. The van der Waals surface area contributed by atoms with Gasteiger partial charge in [0, 0.05) is 21.1 Å². The normalized spacial score (nSPS) is 11.6. The van der Waals surface area contributed by atoms with Crippen LogP contribution in [0.25, 0.3) is 33.9 Å². The maximum absolute atomic E-state index is 12.4. The number of halogens is 3. The molecule has 1 N–H and O–H groups in total. The lowest BCUT2D eigenvalue weighted by Gasteiger charge is -2.02. The van der Waals surface area contributed by atoms with E-state index < -0.39 is 0 Å². The SMILES string of the molecule is N#C/C(=C\c1ccc(-c2cc(Cl)ccc2Cl)o1)c1nc2ccc(Br)cc2c(=O)[nH]1. The van der Waals surface area contributed by atoms with Crippen LogP contribution in [0.3, 0.4) is 0 Å². The van der Waals surface area contributed by atoms with E-state index in [1.807, 2.05) is 0 Å². The molecule has 142 valence electrons. The monoisotopic (exact) mass is 485 g/mol. The highest BCUT2D eigenvalue weighted by molar-refractivity contribution is 9.10. The minimum atomic E-state index is -0.335. The van der Waals surface area contributed by atoms with Crippen LogP contribution in [0.5, 0.6) is 0 Å². The number of nitrogens with one attached hydrogen (secondary N) is 1. The molecule has 4 rings (SSSR count). The van der Waals surface area contributed by atoms with Crippen LogP contribution in [0.1, 0.15) is 11.6 Å². The first-order chi connectivity index (χ1) is 13.9. The molecule has 2 aromatic heterocycles. The van der Waals surface area contributed by atoms with E-state index in [1.165, 1.54) is 6.08 Å². The van der Waals surface area contributed by atoms with Crippen molar-refractivity contribution in [2.75, 3.05) is 0 Å². The second kappa shape index (κ2) is 7.88. The molecule has 0 aliphatic heterocycles. The number of allylic oxidation sites excluding steroid dienone is 1. The molecule has 0 saturated carbocycles. The predicted molar refractivity (Wildman–Crippen MR) is 118 cm³/mol. The Hall–Kier alpha value is -2.85. The van der Waals surface area contributed by atoms with Crippen LogP contribution in [0.15, 0.2) is 62.2 Å². The van der Waals surface area contributed by atoms with Gasteiger partial charge in [0.2, 0.25) is 0 Å². The van der Waals surface area contributed by atoms with E-state index in [1.54, 1.807) is 48.5 Å². The molecular weight excluding hydrogens is 477 g/mol. The zero-order chi connectivity index (χ0) is 20.5. The van der Waals surface area contributed by atoms with Gasteiger partial charge in [-0.15, -0.1) is 0 Å². The van der Waals surface area contributed by atoms with E-state index in [0.717, 1.165) is 4.47 Å². The quantitative estimate of drug-likeness (QED) is 0.343. The lowest BCUT2D eigenvalue weighted by molar-refractivity contribution is 0.572. The summed E-state index contributed by atoms with van der Waals surface area (Å²) in [6, 6.07) is 15.7. The van der Waals surface area contributed by atoms with Crippen molar-refractivity contribution in [3.05, 3.63) is 85.0 Å². The van der Waals surface area contributed by atoms with Gasteiger partial charge < -0.3 is 9.40 Å². The summed E-state index contributed by atoms with van der Waals surface area (Å²) in [7, 11) is 0. The summed E-state index contributed by atoms with van der Waals surface area (Å²) in [6.45, 7) is 0. The summed E-state index contributed by atoms with van der Waals surface area (Å²) >= 11 is 15.6. The highest BCUT2D eigenvalue weighted by Gasteiger charge is 2.12. The summed E-state index contributed by atoms with van der Waals surface area (Å²) in [4.78, 5) is 19.4. The molecule has 0 fully saturated rings. The van der Waals surface area contributed by atoms with Crippen molar-refractivity contribution in [2.45, 2.75) is 0 Å². The molecule has 0 aliphatic rings. The Balaban J connectivity index is 1.76. The molecule has 0 amide bonds. The molecule has 0 atom stereocenters. The fraction of sp³-hybridized carbons (Fsp3) is 0. The fourth-order valence-corrected chi connectivity index (χ4v) is 3.54. The number of H-pyrrole nitrogens is 1. The zero-order valence-corrected chi connectivity index (χ0v) is 17.6. The Morgan fingerprint density at radius 2 is 2.00 bits per heavy atom. The Morgan fingerprint density at radius 3 is 2.79 bits per heavy atom. The summed E-state index contributed by atoms with van der Waals surface area (Å²) in [5, 5.41) is 11.0. The number of fused-ring (bicyclic) bond motifs is 1. The predicted octanol–water partition coefficient (Wildman–Crippen LogP) is 6.32. The van der Waals surface area contributed by atoms with Crippen molar-refractivity contribution in [1.82, 2.24) is 9.97 Å². The lowest BCUT2D eigenvalue weighted by atomic mass is 10.2. The van der Waals surface area contributed by atoms with Crippen LogP contribution < -0.4 is 5.56 Å². The van der Waals surface area contributed by atoms with Crippen LogP contribution in [0, 0.1) is 11.3 Å². The van der Waals surface area contributed by atoms with Gasteiger partial charge in [0.05, 0.1) is 21.5 Å². The molecule has 2 heterocycles. The van der Waals surface area contributed by atoms with Gasteiger partial charge in [0.25, 0.3) is 5.56 Å². The van der Waals surface area contributed by atoms with Crippen molar-refractivity contribution < 1.29 is 4.42 Å². The summed E-state index contributed by atoms with van der Waals surface area (Å²) in [5.41, 5.74) is 0.947. The number of aromatic amines is 1. The maximum atomic E-state index is 12.4.